The van der Waals surface area contributed by atoms with Crippen LogP contribution in [-0.2, 0) is 13.0 Å². The Balaban J connectivity index is 2.56. The molecule has 0 radical (unpaired) electrons. The summed E-state index contributed by atoms with van der Waals surface area (Å²) in [5.41, 5.74) is 3.57. The molecular weight excluding hydrogens is 250 g/mol. The zero-order valence-electron chi connectivity index (χ0n) is 10.5. The van der Waals surface area contributed by atoms with E-state index in [-0.39, 0.29) is 6.61 Å². The van der Waals surface area contributed by atoms with Gasteiger partial charge < -0.3 is 5.11 Å². The summed E-state index contributed by atoms with van der Waals surface area (Å²) in [6.45, 7) is 4.00. The first-order chi connectivity index (χ1) is 8.67. The van der Waals surface area contributed by atoms with Crippen LogP contribution in [0.5, 0.6) is 0 Å². The molecule has 1 aromatic heterocycles. The molecule has 0 aliphatic rings. The zero-order valence-corrected chi connectivity index (χ0v) is 11.3. The first-order valence-corrected chi connectivity index (χ1v) is 6.36. The Hall–Kier alpha value is -1.39. The van der Waals surface area contributed by atoms with Crippen molar-refractivity contribution in [2.75, 3.05) is 0 Å². The maximum Gasteiger partial charge on any atom is 0.112 e. The highest BCUT2D eigenvalue weighted by Crippen LogP contribution is 2.22. The van der Waals surface area contributed by atoms with Crippen LogP contribution in [0.1, 0.15) is 30.3 Å². The van der Waals surface area contributed by atoms with Crippen molar-refractivity contribution in [1.82, 2.24) is 15.0 Å². The van der Waals surface area contributed by atoms with Gasteiger partial charge in [-0.15, -0.1) is 5.10 Å². The molecule has 1 aromatic carbocycles. The van der Waals surface area contributed by atoms with Gasteiger partial charge in [-0.1, -0.05) is 36.2 Å². The summed E-state index contributed by atoms with van der Waals surface area (Å²) in [5.74, 6) is 0. The third kappa shape index (κ3) is 2.40. The molecule has 2 rings (SSSR count). The van der Waals surface area contributed by atoms with Crippen LogP contribution in [0.25, 0.3) is 5.69 Å². The van der Waals surface area contributed by atoms with Crippen LogP contribution in [-0.4, -0.2) is 20.1 Å². The smallest absolute Gasteiger partial charge is 0.112 e. The van der Waals surface area contributed by atoms with Crippen LogP contribution in [0.4, 0.5) is 0 Å². The second-order valence-corrected chi connectivity index (χ2v) is 4.67. The Morgan fingerprint density at radius 2 is 2.17 bits per heavy atom. The van der Waals surface area contributed by atoms with Crippen molar-refractivity contribution in [3.63, 3.8) is 0 Å². The number of hydrogen-bond donors (Lipinski definition) is 1. The average molecular weight is 266 g/mol. The molecule has 0 saturated heterocycles. The number of nitrogens with zero attached hydrogens (tertiary/aromatic N) is 3. The summed E-state index contributed by atoms with van der Waals surface area (Å²) in [4.78, 5) is 0. The molecule has 0 fully saturated rings. The van der Waals surface area contributed by atoms with Gasteiger partial charge in [0, 0.05) is 5.02 Å². The van der Waals surface area contributed by atoms with Gasteiger partial charge in [-0.05, 0) is 31.0 Å². The molecular formula is C13H16ClN3O. The summed E-state index contributed by atoms with van der Waals surface area (Å²) in [7, 11) is 0. The summed E-state index contributed by atoms with van der Waals surface area (Å²) in [6.07, 6.45) is 1.80. The minimum absolute atomic E-state index is 0.0883. The van der Waals surface area contributed by atoms with E-state index in [0.29, 0.717) is 10.7 Å². The number of rotatable bonds is 4. The summed E-state index contributed by atoms with van der Waals surface area (Å²) < 4.78 is 1.77. The summed E-state index contributed by atoms with van der Waals surface area (Å²) in [6, 6.07) is 5.67. The van der Waals surface area contributed by atoms with Crippen molar-refractivity contribution < 1.29 is 5.11 Å². The van der Waals surface area contributed by atoms with Gasteiger partial charge in [-0.3, -0.25) is 0 Å². The summed E-state index contributed by atoms with van der Waals surface area (Å²) >= 11 is 6.03. The number of hydrogen-bond acceptors (Lipinski definition) is 3. The average Bonchev–Trinajstić information content (AvgIpc) is 2.76. The number of aromatic nitrogens is 3. The van der Waals surface area contributed by atoms with Gasteiger partial charge in [0.1, 0.15) is 5.69 Å². The van der Waals surface area contributed by atoms with Gasteiger partial charge in [0.25, 0.3) is 0 Å². The lowest BCUT2D eigenvalue weighted by Gasteiger charge is -2.09. The van der Waals surface area contributed by atoms with Crippen LogP contribution < -0.4 is 0 Å². The predicted molar refractivity (Wildman–Crippen MR) is 71.0 cm³/mol. The van der Waals surface area contributed by atoms with Crippen LogP contribution in [0.3, 0.4) is 0 Å². The van der Waals surface area contributed by atoms with E-state index in [9.17, 15) is 5.11 Å². The van der Waals surface area contributed by atoms with E-state index in [1.165, 1.54) is 0 Å². The van der Waals surface area contributed by atoms with E-state index in [0.717, 1.165) is 29.8 Å². The number of aliphatic hydroxyl groups excluding tert-OH is 1. The van der Waals surface area contributed by atoms with Crippen LogP contribution >= 0.6 is 11.6 Å². The minimum Gasteiger partial charge on any atom is -0.390 e. The second-order valence-electron chi connectivity index (χ2n) is 4.23. The van der Waals surface area contributed by atoms with Crippen molar-refractivity contribution in [2.24, 2.45) is 0 Å². The SMILES string of the molecule is CCCc1c(CO)nnn1-c1cc(Cl)ccc1C. The van der Waals surface area contributed by atoms with E-state index in [1.54, 1.807) is 4.68 Å². The zero-order chi connectivity index (χ0) is 13.1. The van der Waals surface area contributed by atoms with Crippen molar-refractivity contribution >= 4 is 11.6 Å². The Morgan fingerprint density at radius 3 is 2.83 bits per heavy atom. The molecule has 0 atom stereocenters. The molecule has 0 saturated carbocycles. The van der Waals surface area contributed by atoms with Crippen LogP contribution in [0, 0.1) is 6.92 Å². The van der Waals surface area contributed by atoms with Gasteiger partial charge in [-0.25, -0.2) is 4.68 Å². The Kier molecular flexibility index (Phi) is 3.99. The molecule has 0 amide bonds. The molecule has 0 aliphatic carbocycles. The van der Waals surface area contributed by atoms with Gasteiger partial charge in [0.2, 0.25) is 0 Å². The Bertz CT molecular complexity index is 551. The second kappa shape index (κ2) is 5.50. The van der Waals surface area contributed by atoms with Crippen LogP contribution in [0.2, 0.25) is 5.02 Å². The lowest BCUT2D eigenvalue weighted by molar-refractivity contribution is 0.275. The molecule has 5 heteroatoms. The van der Waals surface area contributed by atoms with E-state index in [1.807, 2.05) is 25.1 Å². The molecule has 0 bridgehead atoms. The molecule has 0 spiro atoms. The maximum atomic E-state index is 9.29. The van der Waals surface area contributed by atoms with Gasteiger partial charge in [-0.2, -0.15) is 0 Å². The minimum atomic E-state index is -0.0883. The fraction of sp³-hybridized carbons (Fsp3) is 0.385. The van der Waals surface area contributed by atoms with Crippen LogP contribution in [0.15, 0.2) is 18.2 Å². The number of aryl methyl sites for hydroxylation is 1. The normalized spacial score (nSPS) is 10.9. The van der Waals surface area contributed by atoms with Gasteiger partial charge in [0.15, 0.2) is 0 Å². The lowest BCUT2D eigenvalue weighted by Crippen LogP contribution is -2.05. The first kappa shape index (κ1) is 13.1. The van der Waals surface area contributed by atoms with Gasteiger partial charge in [0.05, 0.1) is 18.0 Å². The fourth-order valence-electron chi connectivity index (χ4n) is 1.95. The van der Waals surface area contributed by atoms with Crippen molar-refractivity contribution in [3.05, 3.63) is 40.2 Å². The van der Waals surface area contributed by atoms with E-state index >= 15 is 0 Å². The van der Waals surface area contributed by atoms with Crippen molar-refractivity contribution in [3.8, 4) is 5.69 Å². The first-order valence-electron chi connectivity index (χ1n) is 5.98. The molecule has 18 heavy (non-hydrogen) atoms. The van der Waals surface area contributed by atoms with Crippen molar-refractivity contribution in [2.45, 2.75) is 33.3 Å². The molecule has 0 unspecified atom stereocenters. The van der Waals surface area contributed by atoms with Crippen molar-refractivity contribution in [1.29, 1.82) is 0 Å². The van der Waals surface area contributed by atoms with E-state index in [4.69, 9.17) is 11.6 Å². The molecule has 1 heterocycles. The monoisotopic (exact) mass is 265 g/mol. The maximum absolute atomic E-state index is 9.29. The fourth-order valence-corrected chi connectivity index (χ4v) is 2.11. The topological polar surface area (TPSA) is 50.9 Å². The molecule has 2 aromatic rings. The molecule has 1 N–H and O–H groups in total. The standard InChI is InChI=1S/C13H16ClN3O/c1-3-4-12-11(8-18)15-16-17(12)13-7-10(14)6-5-9(13)2/h5-7,18H,3-4,8H2,1-2H3. The highest BCUT2D eigenvalue weighted by molar-refractivity contribution is 6.30. The third-order valence-electron chi connectivity index (χ3n) is 2.88. The largest absolute Gasteiger partial charge is 0.390 e. The number of halogens is 1. The molecule has 0 aliphatic heterocycles. The lowest BCUT2D eigenvalue weighted by atomic mass is 10.1. The van der Waals surface area contributed by atoms with Gasteiger partial charge >= 0.3 is 0 Å². The number of benzene rings is 1. The quantitative estimate of drug-likeness (QED) is 0.925. The molecule has 96 valence electrons. The Morgan fingerprint density at radius 1 is 1.39 bits per heavy atom. The third-order valence-corrected chi connectivity index (χ3v) is 3.11. The highest BCUT2D eigenvalue weighted by Gasteiger charge is 2.14. The Labute approximate surface area is 111 Å². The van der Waals surface area contributed by atoms with E-state index < -0.39 is 0 Å². The van der Waals surface area contributed by atoms with E-state index in [2.05, 4.69) is 17.2 Å². The highest BCUT2D eigenvalue weighted by atomic mass is 35.5. The summed E-state index contributed by atoms with van der Waals surface area (Å²) in [5, 5.41) is 18.1. The number of aliphatic hydroxyl groups is 1. The molecule has 4 nitrogen and oxygen atoms in total. The predicted octanol–water partition coefficient (Wildman–Crippen LogP) is 2.67.